The van der Waals surface area contributed by atoms with Crippen molar-refractivity contribution in [1.29, 1.82) is 0 Å². The summed E-state index contributed by atoms with van der Waals surface area (Å²) in [4.78, 5) is 4.34. The van der Waals surface area contributed by atoms with Gasteiger partial charge in [0.2, 0.25) is 5.82 Å². The first-order valence-corrected chi connectivity index (χ1v) is 6.33. The van der Waals surface area contributed by atoms with Crippen LogP contribution in [0.2, 0.25) is 10.0 Å². The molecular weight excluding hydrogens is 283 g/mol. The van der Waals surface area contributed by atoms with E-state index in [1.807, 2.05) is 24.3 Å². The third kappa shape index (κ3) is 2.62. The summed E-state index contributed by atoms with van der Waals surface area (Å²) < 4.78 is 5.24. The molecule has 0 amide bonds. The Morgan fingerprint density at radius 2 is 1.63 bits per heavy atom. The molecule has 3 rings (SSSR count). The van der Waals surface area contributed by atoms with Crippen LogP contribution in [-0.2, 0) is 0 Å². The molecule has 19 heavy (non-hydrogen) atoms. The Balaban J connectivity index is 1.97. The number of benzene rings is 2. The van der Waals surface area contributed by atoms with Crippen LogP contribution in [0.25, 0.3) is 22.8 Å². The zero-order valence-corrected chi connectivity index (χ0v) is 11.2. The zero-order valence-electron chi connectivity index (χ0n) is 9.68. The first-order chi connectivity index (χ1) is 9.22. The second-order valence-electron chi connectivity index (χ2n) is 3.94. The summed E-state index contributed by atoms with van der Waals surface area (Å²) in [6.07, 6.45) is 0. The minimum Gasteiger partial charge on any atom is -0.334 e. The molecule has 0 N–H and O–H groups in total. The second kappa shape index (κ2) is 5.03. The van der Waals surface area contributed by atoms with E-state index >= 15 is 0 Å². The molecule has 3 aromatic rings. The van der Waals surface area contributed by atoms with Crippen molar-refractivity contribution >= 4 is 23.2 Å². The van der Waals surface area contributed by atoms with Crippen molar-refractivity contribution < 1.29 is 4.52 Å². The van der Waals surface area contributed by atoms with Crippen molar-refractivity contribution in [2.24, 2.45) is 0 Å². The predicted molar refractivity (Wildman–Crippen MR) is 75.2 cm³/mol. The van der Waals surface area contributed by atoms with Gasteiger partial charge in [-0.3, -0.25) is 0 Å². The highest BCUT2D eigenvalue weighted by Crippen LogP contribution is 2.24. The summed E-state index contributed by atoms with van der Waals surface area (Å²) in [6.45, 7) is 0. The van der Waals surface area contributed by atoms with Crippen LogP contribution in [-0.4, -0.2) is 10.1 Å². The van der Waals surface area contributed by atoms with Crippen LogP contribution in [0.4, 0.5) is 0 Å². The molecule has 94 valence electrons. The maximum atomic E-state index is 5.93. The number of rotatable bonds is 2. The van der Waals surface area contributed by atoms with Gasteiger partial charge in [0.25, 0.3) is 5.89 Å². The molecule has 0 unspecified atom stereocenters. The fraction of sp³-hybridized carbons (Fsp3) is 0. The molecule has 0 fully saturated rings. The smallest absolute Gasteiger partial charge is 0.258 e. The monoisotopic (exact) mass is 290 g/mol. The SMILES string of the molecule is Clc1ccc(-c2noc(-c3cccc(Cl)c3)n2)cc1. The van der Waals surface area contributed by atoms with Gasteiger partial charge in [-0.25, -0.2) is 0 Å². The Hall–Kier alpha value is -1.84. The molecule has 1 aromatic heterocycles. The topological polar surface area (TPSA) is 38.9 Å². The fourth-order valence-corrected chi connectivity index (χ4v) is 1.99. The van der Waals surface area contributed by atoms with E-state index < -0.39 is 0 Å². The Kier molecular flexibility index (Phi) is 3.23. The van der Waals surface area contributed by atoms with Crippen LogP contribution in [0.15, 0.2) is 53.1 Å². The molecule has 0 aliphatic heterocycles. The molecule has 3 nitrogen and oxygen atoms in total. The molecule has 1 heterocycles. The maximum absolute atomic E-state index is 5.93. The summed E-state index contributed by atoms with van der Waals surface area (Å²) in [5.41, 5.74) is 1.64. The average Bonchev–Trinajstić information content (AvgIpc) is 2.89. The highest BCUT2D eigenvalue weighted by atomic mass is 35.5. The Morgan fingerprint density at radius 3 is 2.37 bits per heavy atom. The van der Waals surface area contributed by atoms with Gasteiger partial charge < -0.3 is 4.52 Å². The summed E-state index contributed by atoms with van der Waals surface area (Å²) in [7, 11) is 0. The van der Waals surface area contributed by atoms with Crippen molar-refractivity contribution in [3.8, 4) is 22.8 Å². The van der Waals surface area contributed by atoms with Gasteiger partial charge in [-0.2, -0.15) is 4.98 Å². The van der Waals surface area contributed by atoms with Crippen LogP contribution in [0, 0.1) is 0 Å². The van der Waals surface area contributed by atoms with Crippen molar-refractivity contribution in [2.75, 3.05) is 0 Å². The molecule has 0 aliphatic carbocycles. The van der Waals surface area contributed by atoms with Crippen LogP contribution in [0.3, 0.4) is 0 Å². The van der Waals surface area contributed by atoms with E-state index in [0.29, 0.717) is 21.8 Å². The van der Waals surface area contributed by atoms with Gasteiger partial charge in [0.1, 0.15) is 0 Å². The van der Waals surface area contributed by atoms with Gasteiger partial charge in [-0.15, -0.1) is 0 Å². The molecule has 0 radical (unpaired) electrons. The van der Waals surface area contributed by atoms with Crippen LogP contribution < -0.4 is 0 Å². The number of aromatic nitrogens is 2. The minimum atomic E-state index is 0.437. The highest BCUT2D eigenvalue weighted by Gasteiger charge is 2.10. The van der Waals surface area contributed by atoms with Gasteiger partial charge in [0.05, 0.1) is 0 Å². The standard InChI is InChI=1S/C14H8Cl2N2O/c15-11-6-4-9(5-7-11)13-17-14(19-18-13)10-2-1-3-12(16)8-10/h1-8H. The van der Waals surface area contributed by atoms with Gasteiger partial charge in [-0.05, 0) is 42.5 Å². The molecule has 0 saturated carbocycles. The Bertz CT molecular complexity index is 707. The van der Waals surface area contributed by atoms with E-state index in [1.165, 1.54) is 0 Å². The third-order valence-electron chi connectivity index (χ3n) is 2.60. The number of halogens is 2. The normalized spacial score (nSPS) is 10.6. The molecule has 0 bridgehead atoms. The summed E-state index contributed by atoms with van der Waals surface area (Å²) in [5, 5.41) is 5.25. The summed E-state index contributed by atoms with van der Waals surface area (Å²) >= 11 is 11.8. The van der Waals surface area contributed by atoms with Crippen molar-refractivity contribution in [3.63, 3.8) is 0 Å². The van der Waals surface area contributed by atoms with Crippen LogP contribution in [0.5, 0.6) is 0 Å². The van der Waals surface area contributed by atoms with Gasteiger partial charge in [0.15, 0.2) is 0 Å². The first kappa shape index (κ1) is 12.2. The average molecular weight is 291 g/mol. The molecule has 5 heteroatoms. The number of hydrogen-bond donors (Lipinski definition) is 0. The van der Waals surface area contributed by atoms with E-state index in [2.05, 4.69) is 10.1 Å². The van der Waals surface area contributed by atoms with E-state index in [-0.39, 0.29) is 0 Å². The molecule has 0 spiro atoms. The maximum Gasteiger partial charge on any atom is 0.258 e. The van der Waals surface area contributed by atoms with Crippen molar-refractivity contribution in [1.82, 2.24) is 10.1 Å². The minimum absolute atomic E-state index is 0.437. The van der Waals surface area contributed by atoms with Gasteiger partial charge >= 0.3 is 0 Å². The lowest BCUT2D eigenvalue weighted by molar-refractivity contribution is 0.432. The van der Waals surface area contributed by atoms with Crippen molar-refractivity contribution in [3.05, 3.63) is 58.6 Å². The molecule has 2 aromatic carbocycles. The zero-order chi connectivity index (χ0) is 13.2. The summed E-state index contributed by atoms with van der Waals surface area (Å²) in [5.74, 6) is 0.957. The van der Waals surface area contributed by atoms with Crippen LogP contribution >= 0.6 is 23.2 Å². The third-order valence-corrected chi connectivity index (χ3v) is 3.09. The van der Waals surface area contributed by atoms with Gasteiger partial charge in [0, 0.05) is 21.2 Å². The van der Waals surface area contributed by atoms with E-state index in [4.69, 9.17) is 27.7 Å². The second-order valence-corrected chi connectivity index (χ2v) is 4.81. The molecular formula is C14H8Cl2N2O. The van der Waals surface area contributed by atoms with Crippen LogP contribution in [0.1, 0.15) is 0 Å². The Morgan fingerprint density at radius 1 is 0.842 bits per heavy atom. The van der Waals surface area contributed by atoms with Crippen molar-refractivity contribution in [2.45, 2.75) is 0 Å². The quantitative estimate of drug-likeness (QED) is 0.686. The highest BCUT2D eigenvalue weighted by molar-refractivity contribution is 6.31. The number of hydrogen-bond acceptors (Lipinski definition) is 3. The lowest BCUT2D eigenvalue weighted by atomic mass is 10.2. The molecule has 0 saturated heterocycles. The lowest BCUT2D eigenvalue weighted by Gasteiger charge is -1.94. The fourth-order valence-electron chi connectivity index (χ4n) is 1.68. The summed E-state index contributed by atoms with van der Waals surface area (Å²) in [6, 6.07) is 14.5. The van der Waals surface area contributed by atoms with Gasteiger partial charge in [-0.1, -0.05) is 34.4 Å². The lowest BCUT2D eigenvalue weighted by Crippen LogP contribution is -1.81. The van der Waals surface area contributed by atoms with E-state index in [1.54, 1.807) is 24.3 Å². The van der Waals surface area contributed by atoms with E-state index in [0.717, 1.165) is 11.1 Å². The van der Waals surface area contributed by atoms with E-state index in [9.17, 15) is 0 Å². The molecule has 0 atom stereocenters. The molecule has 0 aliphatic rings. The largest absolute Gasteiger partial charge is 0.334 e. The first-order valence-electron chi connectivity index (χ1n) is 5.58. The predicted octanol–water partition coefficient (Wildman–Crippen LogP) is 4.71. The Labute approximate surface area is 119 Å². The number of nitrogens with zero attached hydrogens (tertiary/aromatic N) is 2.